The summed E-state index contributed by atoms with van der Waals surface area (Å²) in [5, 5.41) is 23.2. The van der Waals surface area contributed by atoms with E-state index >= 15 is 0 Å². The second-order valence-electron chi connectivity index (χ2n) is 22.5. The van der Waals surface area contributed by atoms with E-state index in [1.165, 1.54) is 276 Å². The topological polar surface area (TPSA) is 95.9 Å². The van der Waals surface area contributed by atoms with Gasteiger partial charge < -0.3 is 20.3 Å². The molecule has 0 aromatic carbocycles. The lowest BCUT2D eigenvalue weighted by atomic mass is 10.0. The molecule has 6 nitrogen and oxygen atoms in total. The highest BCUT2D eigenvalue weighted by molar-refractivity contribution is 5.76. The Hall–Kier alpha value is -1.92. The van der Waals surface area contributed by atoms with Gasteiger partial charge >= 0.3 is 5.97 Å². The normalized spacial score (nSPS) is 12.8. The SMILES string of the molecule is CCCCC/C=C\C/C=C\CCCCCCCC(=O)OCCCCCCCCCCCCCCCCCCCCCCCCCCC(=O)N[C@@H](CO)[C@H](O)/C=C/CCCCCCCCCCCCCCCCC. The quantitative estimate of drug-likeness (QED) is 0.0320. The summed E-state index contributed by atoms with van der Waals surface area (Å²) in [6.45, 7) is 4.89. The standard InChI is InChI=1S/C67H127NO5/c1-3-5-7-9-11-13-15-17-19-28-32-35-39-43-47-51-55-59-65(70)64(63-69)68-66(71)60-56-52-48-44-40-36-33-29-26-24-22-20-21-23-25-27-30-34-38-42-46-50-54-58-62-73-67(72)61-57-53-49-45-41-37-31-18-16-14-12-10-8-6-4-2/h12,14,18,31,55,59,64-65,69-70H,3-11,13,15-17,19-30,32-54,56-58,60-63H2,1-2H3,(H,68,71)/b14-12-,31-18-,59-55+/t64-,65+/m0/s1. The number of ether oxygens (including phenoxy) is 1. The van der Waals surface area contributed by atoms with Crippen LogP contribution in [0.4, 0.5) is 0 Å². The molecule has 2 atom stereocenters. The molecular weight excluding hydrogens is 899 g/mol. The van der Waals surface area contributed by atoms with E-state index in [1.54, 1.807) is 6.08 Å². The average Bonchev–Trinajstić information content (AvgIpc) is 3.39. The molecule has 0 spiro atoms. The van der Waals surface area contributed by atoms with Crippen LogP contribution in [0.1, 0.15) is 354 Å². The Morgan fingerprint density at radius 2 is 0.685 bits per heavy atom. The fraction of sp³-hybridized carbons (Fsp3) is 0.881. The van der Waals surface area contributed by atoms with Crippen molar-refractivity contribution < 1.29 is 24.5 Å². The van der Waals surface area contributed by atoms with Crippen LogP contribution in [0.25, 0.3) is 0 Å². The van der Waals surface area contributed by atoms with Gasteiger partial charge in [-0.2, -0.15) is 0 Å². The summed E-state index contributed by atoms with van der Waals surface area (Å²) in [6.07, 6.45) is 79.1. The third-order valence-corrected chi connectivity index (χ3v) is 15.2. The molecule has 6 heteroatoms. The van der Waals surface area contributed by atoms with Crippen molar-refractivity contribution in [3.05, 3.63) is 36.5 Å². The zero-order chi connectivity index (χ0) is 52.9. The number of hydrogen-bond donors (Lipinski definition) is 3. The number of carbonyl (C=O) groups excluding carboxylic acids is 2. The lowest BCUT2D eigenvalue weighted by Crippen LogP contribution is -2.45. The van der Waals surface area contributed by atoms with Crippen LogP contribution in [-0.4, -0.2) is 47.4 Å². The van der Waals surface area contributed by atoms with Crippen LogP contribution in [0.5, 0.6) is 0 Å². The average molecular weight is 1030 g/mol. The Kier molecular flexibility index (Phi) is 61.0. The zero-order valence-corrected chi connectivity index (χ0v) is 49.1. The number of nitrogens with one attached hydrogen (secondary N) is 1. The minimum atomic E-state index is -0.844. The van der Waals surface area contributed by atoms with Crippen LogP contribution >= 0.6 is 0 Å². The van der Waals surface area contributed by atoms with Gasteiger partial charge in [-0.1, -0.05) is 314 Å². The first-order valence-corrected chi connectivity index (χ1v) is 32.8. The molecule has 0 aromatic heterocycles. The van der Waals surface area contributed by atoms with Crippen LogP contribution in [0.3, 0.4) is 0 Å². The van der Waals surface area contributed by atoms with Crippen molar-refractivity contribution in [1.82, 2.24) is 5.32 Å². The maximum absolute atomic E-state index is 12.5. The van der Waals surface area contributed by atoms with Gasteiger partial charge in [-0.25, -0.2) is 0 Å². The van der Waals surface area contributed by atoms with Gasteiger partial charge in [0.25, 0.3) is 0 Å². The highest BCUT2D eigenvalue weighted by Crippen LogP contribution is 2.18. The maximum atomic E-state index is 12.5. The van der Waals surface area contributed by atoms with Gasteiger partial charge in [0.15, 0.2) is 0 Å². The first-order valence-electron chi connectivity index (χ1n) is 32.8. The van der Waals surface area contributed by atoms with Gasteiger partial charge in [0.2, 0.25) is 5.91 Å². The highest BCUT2D eigenvalue weighted by Gasteiger charge is 2.18. The van der Waals surface area contributed by atoms with Crippen LogP contribution < -0.4 is 5.32 Å². The van der Waals surface area contributed by atoms with E-state index in [2.05, 4.69) is 43.5 Å². The Morgan fingerprint density at radius 3 is 1.07 bits per heavy atom. The summed E-state index contributed by atoms with van der Waals surface area (Å²) >= 11 is 0. The van der Waals surface area contributed by atoms with E-state index < -0.39 is 12.1 Å². The molecule has 3 N–H and O–H groups in total. The summed E-state index contributed by atoms with van der Waals surface area (Å²) in [6, 6.07) is -0.627. The minimum Gasteiger partial charge on any atom is -0.466 e. The number of esters is 1. The summed E-state index contributed by atoms with van der Waals surface area (Å²) in [5.41, 5.74) is 0. The molecule has 1 amide bonds. The molecule has 0 aliphatic carbocycles. The Morgan fingerprint density at radius 1 is 0.384 bits per heavy atom. The third kappa shape index (κ3) is 59.2. The predicted octanol–water partition coefficient (Wildman–Crippen LogP) is 20.8. The van der Waals surface area contributed by atoms with E-state index in [0.717, 1.165) is 51.4 Å². The molecular formula is C67H127NO5. The van der Waals surface area contributed by atoms with Gasteiger partial charge in [-0.05, 0) is 64.2 Å². The predicted molar refractivity (Wildman–Crippen MR) is 319 cm³/mol. The monoisotopic (exact) mass is 1030 g/mol. The Labute approximate surface area is 455 Å². The largest absolute Gasteiger partial charge is 0.466 e. The van der Waals surface area contributed by atoms with Gasteiger partial charge in [0.05, 0.1) is 25.4 Å². The highest BCUT2D eigenvalue weighted by atomic mass is 16.5. The molecule has 430 valence electrons. The van der Waals surface area contributed by atoms with Crippen molar-refractivity contribution in [1.29, 1.82) is 0 Å². The first kappa shape index (κ1) is 71.1. The van der Waals surface area contributed by atoms with E-state index in [0.29, 0.717) is 19.4 Å². The Bertz CT molecular complexity index is 1180. The smallest absolute Gasteiger partial charge is 0.305 e. The number of aliphatic hydroxyl groups excluding tert-OH is 2. The van der Waals surface area contributed by atoms with Crippen molar-refractivity contribution >= 4 is 11.9 Å². The molecule has 0 heterocycles. The molecule has 0 bridgehead atoms. The van der Waals surface area contributed by atoms with Crippen LogP contribution in [0.15, 0.2) is 36.5 Å². The fourth-order valence-corrected chi connectivity index (χ4v) is 10.1. The maximum Gasteiger partial charge on any atom is 0.305 e. The van der Waals surface area contributed by atoms with Crippen LogP contribution in [-0.2, 0) is 14.3 Å². The lowest BCUT2D eigenvalue weighted by Gasteiger charge is -2.20. The number of amides is 1. The number of carbonyl (C=O) groups is 2. The second-order valence-corrected chi connectivity index (χ2v) is 22.5. The van der Waals surface area contributed by atoms with Gasteiger partial charge in [-0.3, -0.25) is 9.59 Å². The minimum absolute atomic E-state index is 0.00114. The summed E-state index contributed by atoms with van der Waals surface area (Å²) in [7, 11) is 0. The number of allylic oxidation sites excluding steroid dienone is 5. The van der Waals surface area contributed by atoms with Crippen molar-refractivity contribution in [2.75, 3.05) is 13.2 Å². The second kappa shape index (κ2) is 62.6. The van der Waals surface area contributed by atoms with Crippen LogP contribution in [0.2, 0.25) is 0 Å². The number of rotatable bonds is 61. The Balaban J connectivity index is 3.39. The molecule has 0 aromatic rings. The molecule has 0 saturated heterocycles. The molecule has 0 saturated carbocycles. The zero-order valence-electron chi connectivity index (χ0n) is 49.1. The molecule has 0 unspecified atom stereocenters. The van der Waals surface area contributed by atoms with Gasteiger partial charge in [0, 0.05) is 12.8 Å². The van der Waals surface area contributed by atoms with Gasteiger partial charge in [0.1, 0.15) is 0 Å². The fourth-order valence-electron chi connectivity index (χ4n) is 10.1. The van der Waals surface area contributed by atoms with Crippen molar-refractivity contribution in [3.63, 3.8) is 0 Å². The number of unbranched alkanes of at least 4 members (excludes halogenated alkanes) is 46. The van der Waals surface area contributed by atoms with Crippen LogP contribution in [0, 0.1) is 0 Å². The van der Waals surface area contributed by atoms with E-state index in [-0.39, 0.29) is 18.5 Å². The van der Waals surface area contributed by atoms with Crippen molar-refractivity contribution in [3.8, 4) is 0 Å². The lowest BCUT2D eigenvalue weighted by molar-refractivity contribution is -0.143. The van der Waals surface area contributed by atoms with E-state index in [4.69, 9.17) is 4.74 Å². The molecule has 0 aliphatic rings. The van der Waals surface area contributed by atoms with Crippen molar-refractivity contribution in [2.24, 2.45) is 0 Å². The molecule has 73 heavy (non-hydrogen) atoms. The summed E-state index contributed by atoms with van der Waals surface area (Å²) in [4.78, 5) is 24.5. The molecule has 0 aliphatic heterocycles. The number of hydrogen-bond acceptors (Lipinski definition) is 5. The summed E-state index contributed by atoms with van der Waals surface area (Å²) in [5.74, 6) is -0.0636. The van der Waals surface area contributed by atoms with Gasteiger partial charge in [-0.15, -0.1) is 0 Å². The third-order valence-electron chi connectivity index (χ3n) is 15.2. The summed E-state index contributed by atoms with van der Waals surface area (Å²) < 4.78 is 5.48. The van der Waals surface area contributed by atoms with E-state index in [9.17, 15) is 19.8 Å². The molecule has 0 radical (unpaired) electrons. The molecule has 0 fully saturated rings. The number of aliphatic hydroxyl groups is 2. The molecule has 0 rings (SSSR count). The van der Waals surface area contributed by atoms with E-state index in [1.807, 2.05) is 6.08 Å². The first-order chi connectivity index (χ1) is 36.0. The van der Waals surface area contributed by atoms with Crippen molar-refractivity contribution in [2.45, 2.75) is 366 Å².